The zero-order valence-corrected chi connectivity index (χ0v) is 15.3. The van der Waals surface area contributed by atoms with Gasteiger partial charge in [-0.1, -0.05) is 13.8 Å². The molecule has 0 saturated heterocycles. The van der Waals surface area contributed by atoms with E-state index in [1.807, 2.05) is 13.8 Å². The van der Waals surface area contributed by atoms with Crippen LogP contribution in [-0.2, 0) is 10.0 Å². The second-order valence-electron chi connectivity index (χ2n) is 5.96. The van der Waals surface area contributed by atoms with E-state index in [1.54, 1.807) is 36.4 Å². The van der Waals surface area contributed by atoms with Gasteiger partial charge in [0, 0.05) is 17.8 Å². The maximum atomic E-state index is 12.4. The maximum absolute atomic E-state index is 12.4. The van der Waals surface area contributed by atoms with Crippen LogP contribution in [0.4, 0.5) is 5.69 Å². The molecule has 6 nitrogen and oxygen atoms in total. The second kappa shape index (κ2) is 8.02. The van der Waals surface area contributed by atoms with E-state index in [1.165, 1.54) is 19.2 Å². The first kappa shape index (κ1) is 18.8. The van der Waals surface area contributed by atoms with Crippen molar-refractivity contribution in [3.63, 3.8) is 0 Å². The summed E-state index contributed by atoms with van der Waals surface area (Å²) in [6, 6.07) is 12.4. The molecule has 7 heteroatoms. The Kier molecular flexibility index (Phi) is 6.03. The lowest BCUT2D eigenvalue weighted by Crippen LogP contribution is -2.27. The molecule has 0 unspecified atom stereocenters. The van der Waals surface area contributed by atoms with Crippen LogP contribution in [0.25, 0.3) is 0 Å². The SMILES string of the molecule is COc1ccc(S(=O)(=O)Nc2ccc(C(=O)NCC(C)C)cc2)cc1. The van der Waals surface area contributed by atoms with Gasteiger partial charge >= 0.3 is 0 Å². The molecule has 0 aliphatic carbocycles. The van der Waals surface area contributed by atoms with Crippen LogP contribution in [0.5, 0.6) is 5.75 Å². The van der Waals surface area contributed by atoms with Crippen LogP contribution in [0, 0.1) is 5.92 Å². The highest BCUT2D eigenvalue weighted by molar-refractivity contribution is 7.92. The van der Waals surface area contributed by atoms with Gasteiger partial charge in [0.1, 0.15) is 5.75 Å². The molecule has 25 heavy (non-hydrogen) atoms. The van der Waals surface area contributed by atoms with Crippen molar-refractivity contribution in [3.8, 4) is 5.75 Å². The number of benzene rings is 2. The minimum Gasteiger partial charge on any atom is -0.497 e. The lowest BCUT2D eigenvalue weighted by molar-refractivity contribution is 0.0949. The van der Waals surface area contributed by atoms with E-state index in [2.05, 4.69) is 10.0 Å². The third kappa shape index (κ3) is 5.22. The average Bonchev–Trinajstić information content (AvgIpc) is 2.60. The van der Waals surface area contributed by atoms with Crippen molar-refractivity contribution in [1.82, 2.24) is 5.32 Å². The quantitative estimate of drug-likeness (QED) is 0.793. The molecule has 0 aliphatic heterocycles. The first-order valence-electron chi connectivity index (χ1n) is 7.87. The number of sulfonamides is 1. The summed E-state index contributed by atoms with van der Waals surface area (Å²) in [5, 5.41) is 2.81. The fourth-order valence-corrected chi connectivity index (χ4v) is 3.12. The Hall–Kier alpha value is -2.54. The van der Waals surface area contributed by atoms with Crippen molar-refractivity contribution in [2.75, 3.05) is 18.4 Å². The molecule has 0 heterocycles. The van der Waals surface area contributed by atoms with Crippen molar-refractivity contribution < 1.29 is 17.9 Å². The largest absolute Gasteiger partial charge is 0.497 e. The Labute approximate surface area is 148 Å². The minimum atomic E-state index is -3.70. The third-order valence-corrected chi connectivity index (χ3v) is 4.84. The zero-order chi connectivity index (χ0) is 18.4. The molecule has 2 N–H and O–H groups in total. The van der Waals surface area contributed by atoms with Crippen molar-refractivity contribution in [3.05, 3.63) is 54.1 Å². The molecule has 0 saturated carbocycles. The van der Waals surface area contributed by atoms with Crippen LogP contribution in [0.2, 0.25) is 0 Å². The summed E-state index contributed by atoms with van der Waals surface area (Å²) in [6.07, 6.45) is 0. The number of methoxy groups -OCH3 is 1. The van der Waals surface area contributed by atoms with Crippen molar-refractivity contribution >= 4 is 21.6 Å². The number of carbonyl (C=O) groups is 1. The van der Waals surface area contributed by atoms with E-state index in [-0.39, 0.29) is 10.8 Å². The number of rotatable bonds is 7. The van der Waals surface area contributed by atoms with E-state index in [4.69, 9.17) is 4.74 Å². The Bertz CT molecular complexity index is 813. The van der Waals surface area contributed by atoms with Gasteiger partial charge < -0.3 is 10.1 Å². The number of carbonyl (C=O) groups excluding carboxylic acids is 1. The Morgan fingerprint density at radius 1 is 1.04 bits per heavy atom. The van der Waals surface area contributed by atoms with Crippen LogP contribution in [-0.4, -0.2) is 28.0 Å². The fourth-order valence-electron chi connectivity index (χ4n) is 2.06. The summed E-state index contributed by atoms with van der Waals surface area (Å²) in [5.41, 5.74) is 0.865. The van der Waals surface area contributed by atoms with Crippen molar-refractivity contribution in [2.24, 2.45) is 5.92 Å². The molecule has 1 amide bonds. The Morgan fingerprint density at radius 2 is 1.64 bits per heavy atom. The van der Waals surface area contributed by atoms with Gasteiger partial charge in [0.15, 0.2) is 0 Å². The molecule has 2 rings (SSSR count). The highest BCUT2D eigenvalue weighted by Gasteiger charge is 2.14. The fraction of sp³-hybridized carbons (Fsp3) is 0.278. The smallest absolute Gasteiger partial charge is 0.261 e. The molecule has 0 radical (unpaired) electrons. The van der Waals surface area contributed by atoms with Gasteiger partial charge in [-0.25, -0.2) is 8.42 Å². The van der Waals surface area contributed by atoms with Gasteiger partial charge in [0.25, 0.3) is 15.9 Å². The van der Waals surface area contributed by atoms with Crippen LogP contribution in [0.3, 0.4) is 0 Å². The number of hydrogen-bond acceptors (Lipinski definition) is 4. The third-order valence-electron chi connectivity index (χ3n) is 3.44. The average molecular weight is 362 g/mol. The van der Waals surface area contributed by atoms with Crippen LogP contribution >= 0.6 is 0 Å². The highest BCUT2D eigenvalue weighted by atomic mass is 32.2. The molecule has 134 valence electrons. The topological polar surface area (TPSA) is 84.5 Å². The molecule has 0 aromatic heterocycles. The van der Waals surface area contributed by atoms with Gasteiger partial charge in [-0.15, -0.1) is 0 Å². The first-order valence-corrected chi connectivity index (χ1v) is 9.35. The van der Waals surface area contributed by atoms with Gasteiger partial charge in [-0.05, 0) is 54.4 Å². The van der Waals surface area contributed by atoms with E-state index in [0.29, 0.717) is 29.5 Å². The molecule has 0 spiro atoms. The predicted octanol–water partition coefficient (Wildman–Crippen LogP) is 2.88. The summed E-state index contributed by atoms with van der Waals surface area (Å²) >= 11 is 0. The van der Waals surface area contributed by atoms with Crippen LogP contribution in [0.15, 0.2) is 53.4 Å². The van der Waals surface area contributed by atoms with Crippen molar-refractivity contribution in [1.29, 1.82) is 0 Å². The monoisotopic (exact) mass is 362 g/mol. The maximum Gasteiger partial charge on any atom is 0.261 e. The zero-order valence-electron chi connectivity index (χ0n) is 14.4. The van der Waals surface area contributed by atoms with Gasteiger partial charge in [-0.3, -0.25) is 9.52 Å². The summed E-state index contributed by atoms with van der Waals surface area (Å²) in [7, 11) is -2.18. The number of anilines is 1. The van der Waals surface area contributed by atoms with E-state index < -0.39 is 10.0 Å². The van der Waals surface area contributed by atoms with Crippen molar-refractivity contribution in [2.45, 2.75) is 18.7 Å². The summed E-state index contributed by atoms with van der Waals surface area (Å²) < 4.78 is 32.2. The molecule has 2 aromatic carbocycles. The molecule has 2 aromatic rings. The first-order chi connectivity index (χ1) is 11.8. The predicted molar refractivity (Wildman–Crippen MR) is 97.4 cm³/mol. The number of ether oxygens (including phenoxy) is 1. The Balaban J connectivity index is 2.07. The molecule has 0 atom stereocenters. The van der Waals surface area contributed by atoms with E-state index >= 15 is 0 Å². The van der Waals surface area contributed by atoms with Gasteiger partial charge in [-0.2, -0.15) is 0 Å². The summed E-state index contributed by atoms with van der Waals surface area (Å²) in [4.78, 5) is 12.1. The number of amides is 1. The summed E-state index contributed by atoms with van der Waals surface area (Å²) in [6.45, 7) is 4.61. The molecule has 0 aliphatic rings. The number of hydrogen-bond donors (Lipinski definition) is 2. The minimum absolute atomic E-state index is 0.132. The van der Waals surface area contributed by atoms with E-state index in [0.717, 1.165) is 0 Å². The molecular formula is C18H22N2O4S. The van der Waals surface area contributed by atoms with Gasteiger partial charge in [0.2, 0.25) is 0 Å². The standard InChI is InChI=1S/C18H22N2O4S/c1-13(2)12-19-18(21)14-4-6-15(7-5-14)20-25(22,23)17-10-8-16(24-3)9-11-17/h4-11,13,20H,12H2,1-3H3,(H,19,21). The lowest BCUT2D eigenvalue weighted by Gasteiger charge is -2.10. The molecule has 0 fully saturated rings. The van der Waals surface area contributed by atoms with Crippen LogP contribution in [0.1, 0.15) is 24.2 Å². The van der Waals surface area contributed by atoms with Gasteiger partial charge in [0.05, 0.1) is 12.0 Å². The molecule has 0 bridgehead atoms. The number of nitrogens with one attached hydrogen (secondary N) is 2. The normalized spacial score (nSPS) is 11.2. The van der Waals surface area contributed by atoms with E-state index in [9.17, 15) is 13.2 Å². The summed E-state index contributed by atoms with van der Waals surface area (Å²) in [5.74, 6) is 0.758. The lowest BCUT2D eigenvalue weighted by atomic mass is 10.2. The highest BCUT2D eigenvalue weighted by Crippen LogP contribution is 2.19. The second-order valence-corrected chi connectivity index (χ2v) is 7.64. The Morgan fingerprint density at radius 3 is 2.16 bits per heavy atom. The molecular weight excluding hydrogens is 340 g/mol. The van der Waals surface area contributed by atoms with Crippen LogP contribution < -0.4 is 14.8 Å².